The molecule has 1 amide bonds. The monoisotopic (exact) mass is 246 g/mol. The van der Waals surface area contributed by atoms with Crippen molar-refractivity contribution in [2.24, 2.45) is 0 Å². The van der Waals surface area contributed by atoms with Gasteiger partial charge in [0.1, 0.15) is 6.04 Å². The molecule has 0 aliphatic carbocycles. The van der Waals surface area contributed by atoms with Gasteiger partial charge < -0.3 is 9.47 Å². The van der Waals surface area contributed by atoms with Crippen molar-refractivity contribution in [2.75, 3.05) is 13.2 Å². The highest BCUT2D eigenvalue weighted by molar-refractivity contribution is 5.83. The van der Waals surface area contributed by atoms with Crippen LogP contribution in [0.1, 0.15) is 27.2 Å². The van der Waals surface area contributed by atoms with Gasteiger partial charge in [0, 0.05) is 6.92 Å². The Morgan fingerprint density at radius 1 is 1.12 bits per heavy atom. The standard InChI is InChI=1S/C10H18N2O5/c1-4-16-9(14)6-8(10(15)17-5-2)12-11-7(3)13/h8,12H,4-6H2,1-3H3,(H,11,13)/t8-/m0/s1. The zero-order valence-electron chi connectivity index (χ0n) is 10.2. The summed E-state index contributed by atoms with van der Waals surface area (Å²) in [5.41, 5.74) is 4.65. The number of hydrogen-bond donors (Lipinski definition) is 2. The van der Waals surface area contributed by atoms with Crippen LogP contribution in [0.15, 0.2) is 0 Å². The maximum absolute atomic E-state index is 11.5. The van der Waals surface area contributed by atoms with Crippen LogP contribution in [-0.4, -0.2) is 37.1 Å². The van der Waals surface area contributed by atoms with E-state index in [1.165, 1.54) is 6.92 Å². The van der Waals surface area contributed by atoms with Crippen molar-refractivity contribution < 1.29 is 23.9 Å². The van der Waals surface area contributed by atoms with E-state index in [4.69, 9.17) is 9.47 Å². The second-order valence-corrected chi connectivity index (χ2v) is 3.14. The van der Waals surface area contributed by atoms with E-state index in [1.54, 1.807) is 13.8 Å². The Morgan fingerprint density at radius 2 is 1.71 bits per heavy atom. The van der Waals surface area contributed by atoms with E-state index in [1.807, 2.05) is 0 Å². The Bertz CT molecular complexity index is 280. The molecule has 7 heteroatoms. The molecule has 0 saturated heterocycles. The van der Waals surface area contributed by atoms with Gasteiger partial charge in [0.2, 0.25) is 5.91 Å². The summed E-state index contributed by atoms with van der Waals surface area (Å²) in [6.07, 6.45) is -0.201. The summed E-state index contributed by atoms with van der Waals surface area (Å²) in [4.78, 5) is 33.4. The van der Waals surface area contributed by atoms with Crippen molar-refractivity contribution in [2.45, 2.75) is 33.2 Å². The van der Waals surface area contributed by atoms with Gasteiger partial charge in [0.25, 0.3) is 0 Å². The molecule has 0 spiro atoms. The fourth-order valence-corrected chi connectivity index (χ4v) is 1.01. The van der Waals surface area contributed by atoms with Crippen LogP contribution in [0.2, 0.25) is 0 Å². The third kappa shape index (κ3) is 7.29. The summed E-state index contributed by atoms with van der Waals surface area (Å²) in [6.45, 7) is 5.02. The molecule has 0 rings (SSSR count). The predicted octanol–water partition coefficient (Wildman–Crippen LogP) is -0.488. The molecule has 17 heavy (non-hydrogen) atoms. The van der Waals surface area contributed by atoms with Crippen LogP contribution in [-0.2, 0) is 23.9 Å². The van der Waals surface area contributed by atoms with Crippen molar-refractivity contribution in [1.82, 2.24) is 10.9 Å². The van der Waals surface area contributed by atoms with Crippen LogP contribution >= 0.6 is 0 Å². The van der Waals surface area contributed by atoms with Gasteiger partial charge in [0.15, 0.2) is 0 Å². The molecule has 0 aromatic heterocycles. The summed E-state index contributed by atoms with van der Waals surface area (Å²) in [5.74, 6) is -1.53. The van der Waals surface area contributed by atoms with Crippen LogP contribution in [0.4, 0.5) is 0 Å². The summed E-state index contributed by atoms with van der Waals surface area (Å²) >= 11 is 0. The van der Waals surface area contributed by atoms with Crippen molar-refractivity contribution in [3.05, 3.63) is 0 Å². The minimum atomic E-state index is -0.946. The highest BCUT2D eigenvalue weighted by Gasteiger charge is 2.23. The lowest BCUT2D eigenvalue weighted by atomic mass is 10.2. The van der Waals surface area contributed by atoms with Gasteiger partial charge in [-0.3, -0.25) is 19.8 Å². The second kappa shape index (κ2) is 8.51. The van der Waals surface area contributed by atoms with E-state index in [9.17, 15) is 14.4 Å². The Labute approximate surface area is 99.8 Å². The van der Waals surface area contributed by atoms with Crippen molar-refractivity contribution in [3.63, 3.8) is 0 Å². The molecule has 0 aromatic carbocycles. The fourth-order valence-electron chi connectivity index (χ4n) is 1.01. The summed E-state index contributed by atoms with van der Waals surface area (Å²) < 4.78 is 9.46. The molecule has 7 nitrogen and oxygen atoms in total. The smallest absolute Gasteiger partial charge is 0.325 e. The number of hydrazine groups is 1. The fraction of sp³-hybridized carbons (Fsp3) is 0.700. The Kier molecular flexibility index (Phi) is 7.70. The summed E-state index contributed by atoms with van der Waals surface area (Å²) in [5, 5.41) is 0. The van der Waals surface area contributed by atoms with Gasteiger partial charge in [-0.05, 0) is 13.8 Å². The number of carbonyl (C=O) groups is 3. The second-order valence-electron chi connectivity index (χ2n) is 3.14. The molecule has 0 radical (unpaired) electrons. The van der Waals surface area contributed by atoms with Crippen molar-refractivity contribution in [3.8, 4) is 0 Å². The lowest BCUT2D eigenvalue weighted by Gasteiger charge is -2.16. The lowest BCUT2D eigenvalue weighted by molar-refractivity contribution is -0.152. The number of rotatable bonds is 7. The Morgan fingerprint density at radius 3 is 2.18 bits per heavy atom. The first-order valence-electron chi connectivity index (χ1n) is 5.35. The maximum Gasteiger partial charge on any atom is 0.325 e. The first-order valence-corrected chi connectivity index (χ1v) is 5.35. The molecule has 0 unspecified atom stereocenters. The van der Waals surface area contributed by atoms with Crippen LogP contribution in [0, 0.1) is 0 Å². The Hall–Kier alpha value is -1.63. The highest BCUT2D eigenvalue weighted by atomic mass is 16.5. The topological polar surface area (TPSA) is 93.7 Å². The molecule has 98 valence electrons. The predicted molar refractivity (Wildman–Crippen MR) is 58.6 cm³/mol. The Balaban J connectivity index is 4.33. The molecule has 0 bridgehead atoms. The van der Waals surface area contributed by atoms with Crippen LogP contribution in [0.3, 0.4) is 0 Å². The van der Waals surface area contributed by atoms with Crippen LogP contribution < -0.4 is 10.9 Å². The molecule has 0 aliphatic heterocycles. The van der Waals surface area contributed by atoms with E-state index < -0.39 is 18.0 Å². The average molecular weight is 246 g/mol. The zero-order valence-corrected chi connectivity index (χ0v) is 10.2. The minimum absolute atomic E-state index is 0.194. The number of nitrogens with one attached hydrogen (secondary N) is 2. The zero-order chi connectivity index (χ0) is 13.3. The molecular weight excluding hydrogens is 228 g/mol. The first kappa shape index (κ1) is 15.4. The lowest BCUT2D eigenvalue weighted by Crippen LogP contribution is -2.49. The third-order valence-corrected chi connectivity index (χ3v) is 1.67. The van der Waals surface area contributed by atoms with Crippen LogP contribution in [0.5, 0.6) is 0 Å². The molecule has 0 aromatic rings. The normalized spacial score (nSPS) is 11.5. The van der Waals surface area contributed by atoms with Gasteiger partial charge in [-0.1, -0.05) is 0 Å². The van der Waals surface area contributed by atoms with E-state index >= 15 is 0 Å². The molecule has 0 saturated carbocycles. The van der Waals surface area contributed by atoms with Crippen molar-refractivity contribution >= 4 is 17.8 Å². The number of hydrogen-bond acceptors (Lipinski definition) is 6. The van der Waals surface area contributed by atoms with Gasteiger partial charge in [-0.2, -0.15) is 0 Å². The quantitative estimate of drug-likeness (QED) is 0.465. The first-order chi connectivity index (χ1) is 8.01. The largest absolute Gasteiger partial charge is 0.466 e. The van der Waals surface area contributed by atoms with E-state index in [0.29, 0.717) is 0 Å². The van der Waals surface area contributed by atoms with E-state index in [-0.39, 0.29) is 25.5 Å². The van der Waals surface area contributed by atoms with Gasteiger partial charge in [-0.25, -0.2) is 5.43 Å². The minimum Gasteiger partial charge on any atom is -0.466 e. The molecule has 0 aliphatic rings. The molecule has 0 heterocycles. The molecule has 0 fully saturated rings. The molecular formula is C10H18N2O5. The van der Waals surface area contributed by atoms with Crippen LogP contribution in [0.25, 0.3) is 0 Å². The van der Waals surface area contributed by atoms with E-state index in [0.717, 1.165) is 0 Å². The average Bonchev–Trinajstić information content (AvgIpc) is 2.24. The summed E-state index contributed by atoms with van der Waals surface area (Å²) in [6, 6.07) is -0.946. The number of ether oxygens (including phenoxy) is 2. The summed E-state index contributed by atoms with van der Waals surface area (Å²) in [7, 11) is 0. The van der Waals surface area contributed by atoms with Gasteiger partial charge >= 0.3 is 11.9 Å². The van der Waals surface area contributed by atoms with Gasteiger partial charge in [-0.15, -0.1) is 0 Å². The van der Waals surface area contributed by atoms with Crippen molar-refractivity contribution in [1.29, 1.82) is 0 Å². The maximum atomic E-state index is 11.5. The third-order valence-electron chi connectivity index (χ3n) is 1.67. The van der Waals surface area contributed by atoms with E-state index in [2.05, 4.69) is 10.9 Å². The number of esters is 2. The highest BCUT2D eigenvalue weighted by Crippen LogP contribution is 1.98. The van der Waals surface area contributed by atoms with Gasteiger partial charge in [0.05, 0.1) is 19.6 Å². The SMILES string of the molecule is CCOC(=O)C[C@H](NNC(C)=O)C(=O)OCC. The molecule has 1 atom stereocenters. The number of amides is 1. The molecule has 2 N–H and O–H groups in total. The number of carbonyl (C=O) groups excluding carboxylic acids is 3.